The summed E-state index contributed by atoms with van der Waals surface area (Å²) >= 11 is 4.93. The zero-order valence-corrected chi connectivity index (χ0v) is 10.9. The Morgan fingerprint density at radius 1 is 1.50 bits per heavy atom. The van der Waals surface area contributed by atoms with E-state index in [0.29, 0.717) is 6.04 Å². The molecule has 0 aliphatic heterocycles. The Labute approximate surface area is 97.5 Å². The van der Waals surface area contributed by atoms with E-state index in [2.05, 4.69) is 35.1 Å². The van der Waals surface area contributed by atoms with E-state index < -0.39 is 6.23 Å². The molecule has 80 valence electrons. The van der Waals surface area contributed by atoms with Gasteiger partial charge in [0.25, 0.3) is 0 Å². The van der Waals surface area contributed by atoms with E-state index >= 15 is 0 Å². The van der Waals surface area contributed by atoms with E-state index in [1.165, 1.54) is 0 Å². The second-order valence-corrected chi connectivity index (χ2v) is 5.11. The average Bonchev–Trinajstić information content (AvgIpc) is 2.61. The predicted octanol–water partition coefficient (Wildman–Crippen LogP) is 3.28. The van der Waals surface area contributed by atoms with Gasteiger partial charge < -0.3 is 5.11 Å². The predicted molar refractivity (Wildman–Crippen MR) is 64.5 cm³/mol. The van der Waals surface area contributed by atoms with Crippen molar-refractivity contribution in [2.24, 2.45) is 0 Å². The normalized spacial score (nSPS) is 13.5. The molecule has 0 saturated heterocycles. The van der Waals surface area contributed by atoms with Gasteiger partial charge in [0.1, 0.15) is 6.23 Å². The minimum atomic E-state index is -0.531. The highest BCUT2D eigenvalue weighted by Crippen LogP contribution is 2.24. The van der Waals surface area contributed by atoms with E-state index in [1.54, 1.807) is 11.3 Å². The van der Waals surface area contributed by atoms with E-state index in [9.17, 15) is 5.11 Å². The summed E-state index contributed by atoms with van der Waals surface area (Å²) in [6.45, 7) is 4.25. The summed E-state index contributed by atoms with van der Waals surface area (Å²) in [5.41, 5.74) is 0. The zero-order valence-electron chi connectivity index (χ0n) is 8.46. The van der Waals surface area contributed by atoms with Gasteiger partial charge in [0.2, 0.25) is 0 Å². The lowest BCUT2D eigenvalue weighted by Crippen LogP contribution is -2.31. The summed E-state index contributed by atoms with van der Waals surface area (Å²) in [5, 5.41) is 15.0. The molecule has 14 heavy (non-hydrogen) atoms. The van der Waals surface area contributed by atoms with Gasteiger partial charge in [-0.2, -0.15) is 0 Å². The molecule has 1 aromatic rings. The van der Waals surface area contributed by atoms with Crippen molar-refractivity contribution in [3.05, 3.63) is 20.8 Å². The van der Waals surface area contributed by atoms with Crippen LogP contribution in [0.2, 0.25) is 0 Å². The fraction of sp³-hybridized carbons (Fsp3) is 0.600. The van der Waals surface area contributed by atoms with E-state index in [0.717, 1.165) is 22.2 Å². The van der Waals surface area contributed by atoms with Crippen molar-refractivity contribution >= 4 is 27.3 Å². The van der Waals surface area contributed by atoms with Crippen LogP contribution in [-0.4, -0.2) is 11.1 Å². The summed E-state index contributed by atoms with van der Waals surface area (Å²) < 4.78 is 1.03. The Bertz CT molecular complexity index is 273. The van der Waals surface area contributed by atoms with Crippen molar-refractivity contribution in [2.45, 2.75) is 39.0 Å². The molecule has 0 radical (unpaired) electrons. The van der Waals surface area contributed by atoms with Gasteiger partial charge >= 0.3 is 0 Å². The molecule has 0 spiro atoms. The van der Waals surface area contributed by atoms with Crippen molar-refractivity contribution in [3.8, 4) is 0 Å². The molecular formula is C10H16BrNOS. The van der Waals surface area contributed by atoms with Gasteiger partial charge in [0, 0.05) is 20.8 Å². The van der Waals surface area contributed by atoms with Crippen LogP contribution >= 0.6 is 27.3 Å². The first-order chi connectivity index (χ1) is 6.67. The van der Waals surface area contributed by atoms with Crippen molar-refractivity contribution in [1.29, 1.82) is 0 Å². The maximum atomic E-state index is 9.84. The Balaban J connectivity index is 2.53. The maximum absolute atomic E-state index is 9.84. The zero-order chi connectivity index (χ0) is 10.6. The standard InChI is InChI=1S/C10H16BrNOS/c1-3-8(4-2)12-10(13)9-5-7(11)6-14-9/h5-6,8,10,12-13H,3-4H2,1-2H3. The van der Waals surface area contributed by atoms with Gasteiger partial charge in [-0.05, 0) is 34.8 Å². The number of halogens is 1. The first-order valence-corrected chi connectivity index (χ1v) is 6.52. The Hall–Kier alpha value is 0.1000. The summed E-state index contributed by atoms with van der Waals surface area (Å²) in [6.07, 6.45) is 1.55. The largest absolute Gasteiger partial charge is 0.373 e. The fourth-order valence-electron chi connectivity index (χ4n) is 1.30. The Kier molecular flexibility index (Phi) is 5.09. The number of thiophene rings is 1. The SMILES string of the molecule is CCC(CC)NC(O)c1cc(Br)cs1. The lowest BCUT2D eigenvalue weighted by Gasteiger charge is -2.18. The molecule has 0 fully saturated rings. The van der Waals surface area contributed by atoms with E-state index in [4.69, 9.17) is 0 Å². The molecular weight excluding hydrogens is 262 g/mol. The van der Waals surface area contributed by atoms with E-state index in [1.807, 2.05) is 11.4 Å². The number of nitrogens with one attached hydrogen (secondary N) is 1. The van der Waals surface area contributed by atoms with Gasteiger partial charge in [0.05, 0.1) is 0 Å². The smallest absolute Gasteiger partial charge is 0.140 e. The number of rotatable bonds is 5. The van der Waals surface area contributed by atoms with Crippen molar-refractivity contribution in [3.63, 3.8) is 0 Å². The van der Waals surface area contributed by atoms with Crippen molar-refractivity contribution in [1.82, 2.24) is 5.32 Å². The quantitative estimate of drug-likeness (QED) is 0.810. The highest BCUT2D eigenvalue weighted by molar-refractivity contribution is 9.10. The van der Waals surface area contributed by atoms with Crippen LogP contribution in [0.5, 0.6) is 0 Å². The van der Waals surface area contributed by atoms with Gasteiger partial charge in [-0.1, -0.05) is 13.8 Å². The van der Waals surface area contributed by atoms with Crippen LogP contribution in [0.4, 0.5) is 0 Å². The molecule has 1 atom stereocenters. The lowest BCUT2D eigenvalue weighted by molar-refractivity contribution is 0.124. The highest BCUT2D eigenvalue weighted by Gasteiger charge is 2.13. The number of hydrogen-bond donors (Lipinski definition) is 2. The molecule has 0 aliphatic carbocycles. The topological polar surface area (TPSA) is 32.3 Å². The number of hydrogen-bond acceptors (Lipinski definition) is 3. The second-order valence-electron chi connectivity index (χ2n) is 3.25. The van der Waals surface area contributed by atoms with Crippen LogP contribution < -0.4 is 5.32 Å². The van der Waals surface area contributed by atoms with Gasteiger partial charge in [-0.15, -0.1) is 11.3 Å². The molecule has 0 bridgehead atoms. The molecule has 0 amide bonds. The molecule has 1 rings (SSSR count). The lowest BCUT2D eigenvalue weighted by atomic mass is 10.1. The van der Waals surface area contributed by atoms with Crippen LogP contribution in [0.1, 0.15) is 37.8 Å². The summed E-state index contributed by atoms with van der Waals surface area (Å²) in [6, 6.07) is 2.34. The fourth-order valence-corrected chi connectivity index (χ4v) is 2.69. The Morgan fingerprint density at radius 3 is 2.57 bits per heavy atom. The maximum Gasteiger partial charge on any atom is 0.140 e. The summed E-state index contributed by atoms with van der Waals surface area (Å²) in [4.78, 5) is 0.962. The van der Waals surface area contributed by atoms with Crippen molar-refractivity contribution in [2.75, 3.05) is 0 Å². The van der Waals surface area contributed by atoms with Crippen LogP contribution in [0, 0.1) is 0 Å². The molecule has 1 aromatic heterocycles. The molecule has 2 nitrogen and oxygen atoms in total. The molecule has 4 heteroatoms. The van der Waals surface area contributed by atoms with Crippen LogP contribution in [0.25, 0.3) is 0 Å². The number of aliphatic hydroxyl groups excluding tert-OH is 1. The monoisotopic (exact) mass is 277 g/mol. The molecule has 1 heterocycles. The third kappa shape index (κ3) is 3.35. The van der Waals surface area contributed by atoms with Crippen LogP contribution in [0.15, 0.2) is 15.9 Å². The third-order valence-corrected chi connectivity index (χ3v) is 3.98. The first-order valence-electron chi connectivity index (χ1n) is 4.85. The first kappa shape index (κ1) is 12.2. The average molecular weight is 278 g/mol. The molecule has 0 aromatic carbocycles. The molecule has 1 unspecified atom stereocenters. The molecule has 2 N–H and O–H groups in total. The second kappa shape index (κ2) is 5.85. The minimum Gasteiger partial charge on any atom is -0.373 e. The van der Waals surface area contributed by atoms with Gasteiger partial charge in [-0.25, -0.2) is 0 Å². The number of aliphatic hydroxyl groups is 1. The van der Waals surface area contributed by atoms with E-state index in [-0.39, 0.29) is 0 Å². The molecule has 0 saturated carbocycles. The van der Waals surface area contributed by atoms with Gasteiger partial charge in [0.15, 0.2) is 0 Å². The minimum absolute atomic E-state index is 0.394. The molecule has 0 aliphatic rings. The summed E-state index contributed by atoms with van der Waals surface area (Å²) in [7, 11) is 0. The van der Waals surface area contributed by atoms with Crippen molar-refractivity contribution < 1.29 is 5.11 Å². The highest BCUT2D eigenvalue weighted by atomic mass is 79.9. The summed E-state index contributed by atoms with van der Waals surface area (Å²) in [5.74, 6) is 0. The van der Waals surface area contributed by atoms with Gasteiger partial charge in [-0.3, -0.25) is 5.32 Å². The van der Waals surface area contributed by atoms with Crippen LogP contribution in [0.3, 0.4) is 0 Å². The Morgan fingerprint density at radius 2 is 2.14 bits per heavy atom. The third-order valence-electron chi connectivity index (χ3n) is 2.24. The van der Waals surface area contributed by atoms with Crippen LogP contribution in [-0.2, 0) is 0 Å².